The number of anilines is 2. The normalized spacial score (nSPS) is 10.3. The summed E-state index contributed by atoms with van der Waals surface area (Å²) in [5.74, 6) is -0.543. The van der Waals surface area contributed by atoms with Gasteiger partial charge < -0.3 is 10.6 Å². The fraction of sp³-hybridized carbons (Fsp3) is 0. The number of carbonyl (C=O) groups excluding carboxylic acids is 2. The Balaban J connectivity index is 1.84. The number of halogens is 2. The Morgan fingerprint density at radius 3 is 2.40 bits per heavy atom. The van der Waals surface area contributed by atoms with E-state index in [1.807, 2.05) is 17.5 Å². The van der Waals surface area contributed by atoms with Gasteiger partial charge in [-0.3, -0.25) is 9.59 Å². The van der Waals surface area contributed by atoms with Gasteiger partial charge in [-0.15, -0.1) is 11.3 Å². The molecule has 0 aliphatic rings. The van der Waals surface area contributed by atoms with Crippen molar-refractivity contribution in [3.8, 4) is 0 Å². The van der Waals surface area contributed by atoms with Crippen LogP contribution >= 0.6 is 45.5 Å². The van der Waals surface area contributed by atoms with Crippen molar-refractivity contribution >= 4 is 68.7 Å². The molecule has 7 heteroatoms. The average Bonchev–Trinajstić information content (AvgIpc) is 3.13. The Kier molecular flexibility index (Phi) is 5.72. The largest absolute Gasteiger partial charge is 0.322 e. The van der Waals surface area contributed by atoms with Gasteiger partial charge in [-0.05, 0) is 76.5 Å². The lowest BCUT2D eigenvalue weighted by Gasteiger charge is -2.12. The van der Waals surface area contributed by atoms with Crippen LogP contribution in [-0.2, 0) is 0 Å². The molecule has 4 nitrogen and oxygen atoms in total. The van der Waals surface area contributed by atoms with Crippen LogP contribution in [0.3, 0.4) is 0 Å². The predicted molar refractivity (Wildman–Crippen MR) is 111 cm³/mol. The third-order valence-electron chi connectivity index (χ3n) is 3.32. The fourth-order valence-corrected chi connectivity index (χ4v) is 3.37. The maximum Gasteiger partial charge on any atom is 0.265 e. The van der Waals surface area contributed by atoms with Gasteiger partial charge in [0.2, 0.25) is 0 Å². The van der Waals surface area contributed by atoms with Crippen LogP contribution in [-0.4, -0.2) is 11.8 Å². The minimum Gasteiger partial charge on any atom is -0.322 e. The van der Waals surface area contributed by atoms with Crippen molar-refractivity contribution in [2.75, 3.05) is 10.6 Å². The molecule has 126 valence electrons. The zero-order valence-electron chi connectivity index (χ0n) is 12.8. The maximum absolute atomic E-state index is 12.6. The molecule has 2 N–H and O–H groups in total. The zero-order valence-corrected chi connectivity index (χ0v) is 16.5. The van der Waals surface area contributed by atoms with E-state index in [-0.39, 0.29) is 11.8 Å². The molecule has 0 aliphatic carbocycles. The highest BCUT2D eigenvalue weighted by atomic mass is 127. The summed E-state index contributed by atoms with van der Waals surface area (Å²) in [4.78, 5) is 25.5. The Morgan fingerprint density at radius 2 is 1.72 bits per heavy atom. The molecule has 0 unspecified atom stereocenters. The summed E-state index contributed by atoms with van der Waals surface area (Å²) < 4.78 is 0.896. The number of rotatable bonds is 4. The van der Waals surface area contributed by atoms with E-state index in [0.717, 1.165) is 3.57 Å². The lowest BCUT2D eigenvalue weighted by molar-refractivity contribution is 0.102. The molecule has 25 heavy (non-hydrogen) atoms. The second-order valence-electron chi connectivity index (χ2n) is 5.08. The Bertz CT molecular complexity index is 911. The lowest BCUT2D eigenvalue weighted by atomic mass is 10.1. The molecule has 1 heterocycles. The maximum atomic E-state index is 12.6. The molecule has 0 saturated heterocycles. The summed E-state index contributed by atoms with van der Waals surface area (Å²) in [5, 5.41) is 8.04. The Morgan fingerprint density at radius 1 is 0.960 bits per heavy atom. The second-order valence-corrected chi connectivity index (χ2v) is 7.71. The zero-order chi connectivity index (χ0) is 17.8. The van der Waals surface area contributed by atoms with Crippen LogP contribution in [0.1, 0.15) is 20.0 Å². The number of thiophene rings is 1. The second kappa shape index (κ2) is 7.99. The fourth-order valence-electron chi connectivity index (χ4n) is 2.14. The minimum absolute atomic E-state index is 0.239. The van der Waals surface area contributed by atoms with Crippen LogP contribution in [0.25, 0.3) is 0 Å². The van der Waals surface area contributed by atoms with Gasteiger partial charge in [-0.25, -0.2) is 0 Å². The Hall–Kier alpha value is -1.90. The van der Waals surface area contributed by atoms with E-state index in [1.165, 1.54) is 11.3 Å². The van der Waals surface area contributed by atoms with E-state index in [4.69, 9.17) is 11.6 Å². The van der Waals surface area contributed by atoms with Gasteiger partial charge >= 0.3 is 0 Å². The van der Waals surface area contributed by atoms with Crippen molar-refractivity contribution in [1.82, 2.24) is 0 Å². The smallest absolute Gasteiger partial charge is 0.265 e. The number of benzene rings is 2. The molecule has 0 fully saturated rings. The first kappa shape index (κ1) is 17.9. The van der Waals surface area contributed by atoms with Gasteiger partial charge in [0, 0.05) is 14.3 Å². The number of carbonyl (C=O) groups is 2. The summed E-state index contributed by atoms with van der Waals surface area (Å²) in [7, 11) is 0. The highest BCUT2D eigenvalue weighted by Crippen LogP contribution is 2.22. The summed E-state index contributed by atoms with van der Waals surface area (Å²) in [6.45, 7) is 0. The molecule has 0 atom stereocenters. The molecular formula is C18H12ClIN2O2S. The molecule has 1 aromatic heterocycles. The molecule has 0 spiro atoms. The number of nitrogens with one attached hydrogen (secondary N) is 2. The average molecular weight is 483 g/mol. The van der Waals surface area contributed by atoms with E-state index >= 15 is 0 Å². The number of hydrogen-bond donors (Lipinski definition) is 2. The van der Waals surface area contributed by atoms with Crippen molar-refractivity contribution in [3.63, 3.8) is 0 Å². The molecule has 3 aromatic rings. The van der Waals surface area contributed by atoms with Gasteiger partial charge in [-0.1, -0.05) is 17.7 Å². The first-order chi connectivity index (χ1) is 12.0. The molecule has 2 aromatic carbocycles. The molecule has 0 bridgehead atoms. The van der Waals surface area contributed by atoms with Crippen molar-refractivity contribution in [3.05, 3.63) is 79.0 Å². The van der Waals surface area contributed by atoms with Gasteiger partial charge in [0.15, 0.2) is 0 Å². The van der Waals surface area contributed by atoms with Crippen LogP contribution in [0.5, 0.6) is 0 Å². The monoisotopic (exact) mass is 482 g/mol. The summed E-state index contributed by atoms with van der Waals surface area (Å²) in [5.41, 5.74) is 1.49. The van der Waals surface area contributed by atoms with E-state index in [0.29, 0.717) is 26.8 Å². The SMILES string of the molecule is O=C(Nc1ccc(I)cc1C(=O)Nc1ccc(Cl)cc1)c1cccs1. The van der Waals surface area contributed by atoms with Crippen LogP contribution in [0.2, 0.25) is 5.02 Å². The van der Waals surface area contributed by atoms with Crippen LogP contribution in [0.4, 0.5) is 11.4 Å². The first-order valence-electron chi connectivity index (χ1n) is 7.24. The lowest BCUT2D eigenvalue weighted by Crippen LogP contribution is -2.18. The third kappa shape index (κ3) is 4.59. The summed E-state index contributed by atoms with van der Waals surface area (Å²) in [6, 6.07) is 15.7. The van der Waals surface area contributed by atoms with Gasteiger partial charge in [0.05, 0.1) is 16.1 Å². The quantitative estimate of drug-likeness (QED) is 0.482. The van der Waals surface area contributed by atoms with E-state index < -0.39 is 0 Å². The minimum atomic E-state index is -0.303. The standard InChI is InChI=1S/C18H12ClIN2O2S/c19-11-3-6-13(7-4-11)21-17(23)14-10-12(20)5-8-15(14)22-18(24)16-2-1-9-25-16/h1-10H,(H,21,23)(H,22,24). The van der Waals surface area contributed by atoms with Crippen LogP contribution < -0.4 is 10.6 Å². The number of hydrogen-bond acceptors (Lipinski definition) is 3. The van der Waals surface area contributed by atoms with Gasteiger partial charge in [-0.2, -0.15) is 0 Å². The molecule has 0 radical (unpaired) electrons. The first-order valence-corrected chi connectivity index (χ1v) is 9.58. The van der Waals surface area contributed by atoms with Crippen molar-refractivity contribution in [2.45, 2.75) is 0 Å². The predicted octanol–water partition coefficient (Wildman–Crippen LogP) is 5.51. The van der Waals surface area contributed by atoms with Crippen LogP contribution in [0.15, 0.2) is 60.0 Å². The topological polar surface area (TPSA) is 58.2 Å². The molecule has 0 aliphatic heterocycles. The summed E-state index contributed by atoms with van der Waals surface area (Å²) >= 11 is 9.33. The van der Waals surface area contributed by atoms with Gasteiger partial charge in [0.25, 0.3) is 11.8 Å². The molecule has 0 saturated carbocycles. The number of amides is 2. The van der Waals surface area contributed by atoms with Crippen molar-refractivity contribution < 1.29 is 9.59 Å². The molecular weight excluding hydrogens is 471 g/mol. The van der Waals surface area contributed by atoms with E-state index in [9.17, 15) is 9.59 Å². The summed E-state index contributed by atoms with van der Waals surface area (Å²) in [6.07, 6.45) is 0. The highest BCUT2D eigenvalue weighted by Gasteiger charge is 2.16. The van der Waals surface area contributed by atoms with Crippen molar-refractivity contribution in [2.24, 2.45) is 0 Å². The molecule has 3 rings (SSSR count). The third-order valence-corrected chi connectivity index (χ3v) is 5.11. The van der Waals surface area contributed by atoms with E-state index in [2.05, 4.69) is 33.2 Å². The van der Waals surface area contributed by atoms with Crippen molar-refractivity contribution in [1.29, 1.82) is 0 Å². The van der Waals surface area contributed by atoms with E-state index in [1.54, 1.807) is 42.5 Å². The van der Waals surface area contributed by atoms with Crippen LogP contribution in [0, 0.1) is 3.57 Å². The molecule has 2 amide bonds. The Labute approximate surface area is 167 Å². The highest BCUT2D eigenvalue weighted by molar-refractivity contribution is 14.1. The van der Waals surface area contributed by atoms with Gasteiger partial charge in [0.1, 0.15) is 0 Å².